The molecule has 2 heterocycles. The predicted molar refractivity (Wildman–Crippen MR) is 109 cm³/mol. The third-order valence-corrected chi connectivity index (χ3v) is 4.31. The minimum Gasteiger partial charge on any atom is -0.497 e. The zero-order chi connectivity index (χ0) is 21.4. The van der Waals surface area contributed by atoms with Gasteiger partial charge in [-0.2, -0.15) is 0 Å². The second-order valence-electron chi connectivity index (χ2n) is 6.45. The fraction of sp³-hybridized carbons (Fsp3) is 0.286. The van der Waals surface area contributed by atoms with Crippen LogP contribution in [0.3, 0.4) is 0 Å². The number of aryl methyl sites for hydroxylation is 2. The maximum atomic E-state index is 9.10. The van der Waals surface area contributed by atoms with Crippen LogP contribution in [0.5, 0.6) is 5.75 Å². The third-order valence-electron chi connectivity index (χ3n) is 4.31. The van der Waals surface area contributed by atoms with Gasteiger partial charge in [0.05, 0.1) is 12.8 Å². The van der Waals surface area contributed by atoms with Crippen LogP contribution in [0.1, 0.15) is 22.6 Å². The molecule has 0 fully saturated rings. The van der Waals surface area contributed by atoms with E-state index in [-0.39, 0.29) is 0 Å². The second kappa shape index (κ2) is 10.2. The Kier molecular flexibility index (Phi) is 7.73. The molecule has 8 nitrogen and oxygen atoms in total. The summed E-state index contributed by atoms with van der Waals surface area (Å²) in [4.78, 5) is 26.2. The number of methoxy groups -OCH3 is 1. The van der Waals surface area contributed by atoms with Gasteiger partial charge < -0.3 is 25.3 Å². The van der Waals surface area contributed by atoms with Crippen molar-refractivity contribution in [3.05, 3.63) is 59.0 Å². The Morgan fingerprint density at radius 1 is 1.14 bits per heavy atom. The number of aromatic amines is 1. The molecule has 0 amide bonds. The minimum atomic E-state index is -1.82. The van der Waals surface area contributed by atoms with Gasteiger partial charge in [-0.1, -0.05) is 6.07 Å². The maximum Gasteiger partial charge on any atom is 0.414 e. The largest absolute Gasteiger partial charge is 0.497 e. The van der Waals surface area contributed by atoms with Crippen molar-refractivity contribution in [3.63, 3.8) is 0 Å². The molecule has 154 valence electrons. The molecule has 0 saturated carbocycles. The smallest absolute Gasteiger partial charge is 0.414 e. The van der Waals surface area contributed by atoms with Crippen LogP contribution in [0.4, 0.5) is 0 Å². The maximum absolute atomic E-state index is 9.10. The normalized spacial score (nSPS) is 10.3. The molecule has 3 aromatic rings. The topological polar surface area (TPSA) is 125 Å². The van der Waals surface area contributed by atoms with E-state index in [9.17, 15) is 0 Å². The average molecular weight is 399 g/mol. The number of hydrogen-bond donors (Lipinski definition) is 4. The van der Waals surface area contributed by atoms with Crippen molar-refractivity contribution in [2.75, 3.05) is 13.7 Å². The fourth-order valence-corrected chi connectivity index (χ4v) is 2.94. The number of pyridine rings is 1. The molecule has 0 radical (unpaired) electrons. The standard InChI is InChI=1S/C19H23N3O.C2H2O4/c1-13-5-4-6-15(21-13)12-20-10-9-17-14(2)22-19-8-7-16(23-3)11-18(17)19;3-1(4)2(5)6/h4-8,11,20,22H,9-10,12H2,1-3H3;(H,3,4)(H,5,6). The molecule has 0 aliphatic carbocycles. The molecule has 0 aliphatic rings. The Bertz CT molecular complexity index is 985. The highest BCUT2D eigenvalue weighted by molar-refractivity contribution is 6.27. The molecule has 0 bridgehead atoms. The summed E-state index contributed by atoms with van der Waals surface area (Å²) in [5.41, 5.74) is 5.89. The van der Waals surface area contributed by atoms with E-state index in [0.717, 1.165) is 36.6 Å². The van der Waals surface area contributed by atoms with E-state index < -0.39 is 11.9 Å². The van der Waals surface area contributed by atoms with Crippen molar-refractivity contribution in [2.24, 2.45) is 0 Å². The Morgan fingerprint density at radius 3 is 2.48 bits per heavy atom. The van der Waals surface area contributed by atoms with Gasteiger partial charge in [-0.15, -0.1) is 0 Å². The van der Waals surface area contributed by atoms with Crippen LogP contribution in [-0.2, 0) is 22.6 Å². The Hall–Kier alpha value is -3.39. The summed E-state index contributed by atoms with van der Waals surface area (Å²) in [5.74, 6) is -2.75. The first-order valence-corrected chi connectivity index (χ1v) is 9.06. The van der Waals surface area contributed by atoms with Gasteiger partial charge in [-0.05, 0) is 62.7 Å². The minimum absolute atomic E-state index is 0.798. The van der Waals surface area contributed by atoms with Crippen LogP contribution in [0.15, 0.2) is 36.4 Å². The van der Waals surface area contributed by atoms with E-state index in [1.54, 1.807) is 7.11 Å². The van der Waals surface area contributed by atoms with E-state index >= 15 is 0 Å². The molecule has 0 saturated heterocycles. The van der Waals surface area contributed by atoms with E-state index in [4.69, 9.17) is 24.5 Å². The van der Waals surface area contributed by atoms with Crippen LogP contribution in [-0.4, -0.2) is 45.8 Å². The highest BCUT2D eigenvalue weighted by Gasteiger charge is 2.09. The first-order valence-electron chi connectivity index (χ1n) is 9.06. The number of benzene rings is 1. The van der Waals surface area contributed by atoms with Gasteiger partial charge in [0.25, 0.3) is 0 Å². The lowest BCUT2D eigenvalue weighted by molar-refractivity contribution is -0.159. The number of aromatic nitrogens is 2. The number of fused-ring (bicyclic) bond motifs is 1. The number of ether oxygens (including phenoxy) is 1. The Balaban J connectivity index is 0.000000438. The van der Waals surface area contributed by atoms with Gasteiger partial charge in [0.1, 0.15) is 5.75 Å². The number of aliphatic carboxylic acids is 2. The number of carboxylic acid groups (broad SMARTS) is 2. The molecule has 0 unspecified atom stereocenters. The lowest BCUT2D eigenvalue weighted by atomic mass is 10.1. The number of hydrogen-bond acceptors (Lipinski definition) is 5. The summed E-state index contributed by atoms with van der Waals surface area (Å²) >= 11 is 0. The summed E-state index contributed by atoms with van der Waals surface area (Å²) in [6.45, 7) is 5.86. The van der Waals surface area contributed by atoms with Gasteiger partial charge in [0.15, 0.2) is 0 Å². The van der Waals surface area contributed by atoms with Crippen LogP contribution >= 0.6 is 0 Å². The summed E-state index contributed by atoms with van der Waals surface area (Å²) in [6, 6.07) is 12.3. The van der Waals surface area contributed by atoms with Crippen molar-refractivity contribution in [1.29, 1.82) is 0 Å². The predicted octanol–water partition coefficient (Wildman–Crippen LogP) is 2.68. The van der Waals surface area contributed by atoms with Crippen molar-refractivity contribution >= 4 is 22.8 Å². The van der Waals surface area contributed by atoms with Gasteiger partial charge in [0.2, 0.25) is 0 Å². The SMILES string of the molecule is COc1ccc2[nH]c(C)c(CCNCc3cccc(C)n3)c2c1.O=C(O)C(=O)O. The highest BCUT2D eigenvalue weighted by atomic mass is 16.5. The molecule has 0 atom stereocenters. The van der Waals surface area contributed by atoms with Crippen LogP contribution in [0.25, 0.3) is 10.9 Å². The summed E-state index contributed by atoms with van der Waals surface area (Å²) in [7, 11) is 1.71. The zero-order valence-corrected chi connectivity index (χ0v) is 16.7. The molecular weight excluding hydrogens is 374 g/mol. The Labute approximate surface area is 168 Å². The number of nitrogens with one attached hydrogen (secondary N) is 2. The van der Waals surface area contributed by atoms with Crippen molar-refractivity contribution in [2.45, 2.75) is 26.8 Å². The molecule has 3 rings (SSSR count). The van der Waals surface area contributed by atoms with Gasteiger partial charge >= 0.3 is 11.9 Å². The molecule has 8 heteroatoms. The summed E-state index contributed by atoms with van der Waals surface area (Å²) < 4.78 is 5.34. The number of carbonyl (C=O) groups is 2. The number of rotatable bonds is 6. The number of carboxylic acids is 2. The lowest BCUT2D eigenvalue weighted by Gasteiger charge is -2.06. The molecule has 0 spiro atoms. The zero-order valence-electron chi connectivity index (χ0n) is 16.7. The summed E-state index contributed by atoms with van der Waals surface area (Å²) in [5, 5.41) is 19.5. The number of H-pyrrole nitrogens is 1. The highest BCUT2D eigenvalue weighted by Crippen LogP contribution is 2.26. The van der Waals surface area contributed by atoms with Crippen LogP contribution in [0, 0.1) is 13.8 Å². The molecule has 2 aromatic heterocycles. The summed E-state index contributed by atoms with van der Waals surface area (Å²) in [6.07, 6.45) is 0.977. The van der Waals surface area contributed by atoms with E-state index in [1.165, 1.54) is 22.2 Å². The monoisotopic (exact) mass is 399 g/mol. The first kappa shape index (κ1) is 21.9. The molecule has 4 N–H and O–H groups in total. The lowest BCUT2D eigenvalue weighted by Crippen LogP contribution is -2.17. The van der Waals surface area contributed by atoms with Crippen molar-refractivity contribution < 1.29 is 24.5 Å². The first-order chi connectivity index (χ1) is 13.8. The molecular formula is C21H25N3O5. The fourth-order valence-electron chi connectivity index (χ4n) is 2.94. The Morgan fingerprint density at radius 2 is 1.86 bits per heavy atom. The van der Waals surface area contributed by atoms with Gasteiger partial charge in [0, 0.05) is 28.8 Å². The van der Waals surface area contributed by atoms with Crippen LogP contribution in [0.2, 0.25) is 0 Å². The average Bonchev–Trinajstić information content (AvgIpc) is 3.00. The van der Waals surface area contributed by atoms with Crippen molar-refractivity contribution in [1.82, 2.24) is 15.3 Å². The van der Waals surface area contributed by atoms with E-state index in [0.29, 0.717) is 0 Å². The van der Waals surface area contributed by atoms with E-state index in [2.05, 4.69) is 46.5 Å². The van der Waals surface area contributed by atoms with Gasteiger partial charge in [-0.3, -0.25) is 4.98 Å². The van der Waals surface area contributed by atoms with E-state index in [1.807, 2.05) is 19.1 Å². The van der Waals surface area contributed by atoms with Crippen LogP contribution < -0.4 is 10.1 Å². The second-order valence-corrected chi connectivity index (χ2v) is 6.45. The third kappa shape index (κ3) is 6.32. The van der Waals surface area contributed by atoms with Gasteiger partial charge in [-0.25, -0.2) is 9.59 Å². The molecule has 29 heavy (non-hydrogen) atoms. The molecule has 0 aliphatic heterocycles. The number of nitrogens with zero attached hydrogens (tertiary/aromatic N) is 1. The quantitative estimate of drug-likeness (QED) is 0.371. The van der Waals surface area contributed by atoms with Crippen molar-refractivity contribution in [3.8, 4) is 5.75 Å². The molecule has 1 aromatic carbocycles.